The third-order valence-electron chi connectivity index (χ3n) is 1.97. The van der Waals surface area contributed by atoms with Gasteiger partial charge in [-0.15, -0.1) is 0 Å². The molecule has 0 fully saturated rings. The number of aromatic nitrogens is 2. The predicted octanol–water partition coefficient (Wildman–Crippen LogP) is 1.47. The lowest BCUT2D eigenvalue weighted by Gasteiger charge is -1.96. The van der Waals surface area contributed by atoms with Crippen LogP contribution in [0, 0.1) is 5.82 Å². The molecule has 0 unspecified atom stereocenters. The number of hydrogen-bond acceptors (Lipinski definition) is 2. The van der Waals surface area contributed by atoms with Crippen molar-refractivity contribution >= 4 is 17.0 Å². The van der Waals surface area contributed by atoms with E-state index in [1.807, 2.05) is 0 Å². The Morgan fingerprint density at radius 2 is 2.40 bits per heavy atom. The van der Waals surface area contributed by atoms with Gasteiger partial charge >= 0.3 is 6.09 Å². The highest BCUT2D eigenvalue weighted by Crippen LogP contribution is 2.16. The summed E-state index contributed by atoms with van der Waals surface area (Å²) in [4.78, 5) is 16.7. The van der Waals surface area contributed by atoms with Crippen molar-refractivity contribution in [1.29, 1.82) is 0 Å². The summed E-state index contributed by atoms with van der Waals surface area (Å²) in [5.41, 5.74) is 0.937. The Morgan fingerprint density at radius 1 is 1.60 bits per heavy atom. The molecule has 2 aromatic heterocycles. The molecule has 0 atom stereocenters. The topological polar surface area (TPSA) is 78.0 Å². The van der Waals surface area contributed by atoms with E-state index >= 15 is 0 Å². The van der Waals surface area contributed by atoms with Crippen molar-refractivity contribution in [3.63, 3.8) is 0 Å². The van der Waals surface area contributed by atoms with E-state index in [1.54, 1.807) is 6.07 Å². The molecule has 5 nitrogen and oxygen atoms in total. The zero-order valence-corrected chi connectivity index (χ0v) is 7.62. The van der Waals surface area contributed by atoms with E-state index in [1.165, 1.54) is 6.20 Å². The summed E-state index contributed by atoms with van der Waals surface area (Å²) in [5.74, 6) is -0.450. The van der Waals surface area contributed by atoms with Gasteiger partial charge in [-0.25, -0.2) is 9.18 Å². The van der Waals surface area contributed by atoms with E-state index in [4.69, 9.17) is 5.11 Å². The van der Waals surface area contributed by atoms with Crippen LogP contribution in [0.15, 0.2) is 18.5 Å². The molecule has 0 aromatic carbocycles. The van der Waals surface area contributed by atoms with Crippen LogP contribution in [0.25, 0.3) is 10.9 Å². The Kier molecular flexibility index (Phi) is 2.24. The number of carbonyl (C=O) groups is 1. The Labute approximate surface area is 83.9 Å². The number of fused-ring (bicyclic) bond motifs is 1. The number of carboxylic acid groups (broad SMARTS) is 1. The van der Waals surface area contributed by atoms with Crippen molar-refractivity contribution in [2.24, 2.45) is 0 Å². The van der Waals surface area contributed by atoms with Crippen molar-refractivity contribution in [3.05, 3.63) is 30.0 Å². The molecule has 0 saturated carbocycles. The van der Waals surface area contributed by atoms with Gasteiger partial charge in [0.05, 0.1) is 18.3 Å². The first-order valence-electron chi connectivity index (χ1n) is 4.24. The van der Waals surface area contributed by atoms with Crippen molar-refractivity contribution in [1.82, 2.24) is 15.3 Å². The fraction of sp³-hybridized carbons (Fsp3) is 0.111. The SMILES string of the molecule is O=C(O)NCc1cc2cncc(F)c2[nH]1. The second-order valence-electron chi connectivity index (χ2n) is 3.04. The number of aromatic amines is 1. The van der Waals surface area contributed by atoms with Gasteiger partial charge in [0.25, 0.3) is 0 Å². The maximum Gasteiger partial charge on any atom is 0.404 e. The molecule has 0 radical (unpaired) electrons. The Bertz CT molecular complexity index is 509. The van der Waals surface area contributed by atoms with E-state index in [0.29, 0.717) is 16.6 Å². The molecule has 2 aromatic rings. The Morgan fingerprint density at radius 3 is 3.07 bits per heavy atom. The van der Waals surface area contributed by atoms with E-state index < -0.39 is 11.9 Å². The Hall–Kier alpha value is -2.11. The van der Waals surface area contributed by atoms with Crippen LogP contribution >= 0.6 is 0 Å². The van der Waals surface area contributed by atoms with Crippen LogP contribution in [0.4, 0.5) is 9.18 Å². The molecule has 0 aliphatic carbocycles. The minimum absolute atomic E-state index is 0.115. The predicted molar refractivity (Wildman–Crippen MR) is 50.9 cm³/mol. The van der Waals surface area contributed by atoms with Crippen LogP contribution in [0.1, 0.15) is 5.69 Å². The summed E-state index contributed by atoms with van der Waals surface area (Å²) < 4.78 is 13.2. The highest BCUT2D eigenvalue weighted by Gasteiger charge is 2.05. The van der Waals surface area contributed by atoms with Gasteiger partial charge in [0.15, 0.2) is 5.82 Å². The average Bonchev–Trinajstić information content (AvgIpc) is 2.59. The van der Waals surface area contributed by atoms with Gasteiger partial charge in [0.1, 0.15) is 0 Å². The molecule has 0 spiro atoms. The summed E-state index contributed by atoms with van der Waals surface area (Å²) in [5, 5.41) is 11.2. The summed E-state index contributed by atoms with van der Waals surface area (Å²) in [6.45, 7) is 0.115. The minimum atomic E-state index is -1.12. The number of amides is 1. The van der Waals surface area contributed by atoms with Gasteiger partial charge < -0.3 is 15.4 Å². The van der Waals surface area contributed by atoms with Crippen LogP contribution < -0.4 is 5.32 Å². The van der Waals surface area contributed by atoms with Crippen LogP contribution in [-0.4, -0.2) is 21.2 Å². The van der Waals surface area contributed by atoms with Crippen LogP contribution in [0.2, 0.25) is 0 Å². The monoisotopic (exact) mass is 209 g/mol. The van der Waals surface area contributed by atoms with Crippen molar-refractivity contribution in [2.45, 2.75) is 6.54 Å². The first-order valence-corrected chi connectivity index (χ1v) is 4.24. The number of halogens is 1. The molecule has 3 N–H and O–H groups in total. The standard InChI is InChI=1S/C9H8FN3O2/c10-7-4-11-2-5-1-6(13-8(5)7)3-12-9(14)15/h1-2,4,12-13H,3H2,(H,14,15). The molecule has 2 rings (SSSR count). The highest BCUT2D eigenvalue weighted by atomic mass is 19.1. The lowest BCUT2D eigenvalue weighted by atomic mass is 10.3. The smallest absolute Gasteiger partial charge is 0.404 e. The van der Waals surface area contributed by atoms with Gasteiger partial charge in [0, 0.05) is 17.3 Å². The number of rotatable bonds is 2. The molecule has 1 amide bonds. The summed E-state index contributed by atoms with van der Waals surface area (Å²) >= 11 is 0. The maximum atomic E-state index is 13.2. The maximum absolute atomic E-state index is 13.2. The van der Waals surface area contributed by atoms with Crippen molar-refractivity contribution in [3.8, 4) is 0 Å². The van der Waals surface area contributed by atoms with Gasteiger partial charge in [0.2, 0.25) is 0 Å². The third kappa shape index (κ3) is 1.88. The van der Waals surface area contributed by atoms with Crippen molar-refractivity contribution < 1.29 is 14.3 Å². The van der Waals surface area contributed by atoms with Crippen LogP contribution in [0.3, 0.4) is 0 Å². The quantitative estimate of drug-likeness (QED) is 0.700. The van der Waals surface area contributed by atoms with Gasteiger partial charge in [-0.05, 0) is 6.07 Å². The molecule has 2 heterocycles. The first kappa shape index (κ1) is 9.45. The zero-order chi connectivity index (χ0) is 10.8. The minimum Gasteiger partial charge on any atom is -0.465 e. The fourth-order valence-electron chi connectivity index (χ4n) is 1.34. The van der Waals surface area contributed by atoms with Gasteiger partial charge in [-0.3, -0.25) is 4.98 Å². The molecule has 78 valence electrons. The molecule has 0 saturated heterocycles. The zero-order valence-electron chi connectivity index (χ0n) is 7.62. The molecule has 6 heteroatoms. The lowest BCUT2D eigenvalue weighted by Crippen LogP contribution is -2.19. The Balaban J connectivity index is 2.31. The number of nitrogens with zero attached hydrogens (tertiary/aromatic N) is 1. The van der Waals surface area contributed by atoms with Gasteiger partial charge in [-0.2, -0.15) is 0 Å². The largest absolute Gasteiger partial charge is 0.465 e. The first-order chi connectivity index (χ1) is 7.16. The van der Waals surface area contributed by atoms with E-state index in [2.05, 4.69) is 15.3 Å². The highest BCUT2D eigenvalue weighted by molar-refractivity contribution is 5.79. The third-order valence-corrected chi connectivity index (χ3v) is 1.97. The molecule has 0 aliphatic rings. The van der Waals surface area contributed by atoms with Crippen LogP contribution in [-0.2, 0) is 6.54 Å². The molecular weight excluding hydrogens is 201 g/mol. The van der Waals surface area contributed by atoms with E-state index in [0.717, 1.165) is 6.20 Å². The van der Waals surface area contributed by atoms with Crippen molar-refractivity contribution in [2.75, 3.05) is 0 Å². The molecule has 15 heavy (non-hydrogen) atoms. The number of nitrogens with one attached hydrogen (secondary N) is 2. The number of H-pyrrole nitrogens is 1. The molecule has 0 bridgehead atoms. The van der Waals surface area contributed by atoms with Gasteiger partial charge in [-0.1, -0.05) is 0 Å². The normalized spacial score (nSPS) is 10.5. The summed E-state index contributed by atoms with van der Waals surface area (Å²) in [6.07, 6.45) is 1.50. The molecular formula is C9H8FN3O2. The average molecular weight is 209 g/mol. The van der Waals surface area contributed by atoms with E-state index in [-0.39, 0.29) is 6.54 Å². The number of hydrogen-bond donors (Lipinski definition) is 3. The number of pyridine rings is 1. The van der Waals surface area contributed by atoms with E-state index in [9.17, 15) is 9.18 Å². The summed E-state index contributed by atoms with van der Waals surface area (Å²) in [7, 11) is 0. The summed E-state index contributed by atoms with van der Waals surface area (Å²) in [6, 6.07) is 1.65. The second kappa shape index (κ2) is 3.56. The van der Waals surface area contributed by atoms with Crippen LogP contribution in [0.5, 0.6) is 0 Å². The fourth-order valence-corrected chi connectivity index (χ4v) is 1.34. The lowest BCUT2D eigenvalue weighted by molar-refractivity contribution is 0.194. The second-order valence-corrected chi connectivity index (χ2v) is 3.04. The molecule has 0 aliphatic heterocycles.